The Morgan fingerprint density at radius 1 is 1.00 bits per heavy atom. The summed E-state index contributed by atoms with van der Waals surface area (Å²) in [7, 11) is 0. The summed E-state index contributed by atoms with van der Waals surface area (Å²) in [5.41, 5.74) is 3.41. The zero-order chi connectivity index (χ0) is 17.6. The van der Waals surface area contributed by atoms with Crippen LogP contribution in [0.1, 0.15) is 29.8 Å². The summed E-state index contributed by atoms with van der Waals surface area (Å²) in [6.07, 6.45) is 0.177. The van der Waals surface area contributed by atoms with Gasteiger partial charge in [-0.15, -0.1) is 10.2 Å². The standard InChI is InChI=1S/C20H23N3O2/c1-15-8-6-7-9-17(15)12-19-21-22-20(25-19)14-23(13-16(2)24)18-10-4-3-5-11-18/h3-11,16,24H,12-14H2,1-2H3/t16-/m1/s1. The molecule has 1 N–H and O–H groups in total. The predicted molar refractivity (Wildman–Crippen MR) is 97.5 cm³/mol. The summed E-state index contributed by atoms with van der Waals surface area (Å²) in [5.74, 6) is 1.16. The van der Waals surface area contributed by atoms with Crippen LogP contribution in [0.3, 0.4) is 0 Å². The van der Waals surface area contributed by atoms with Crippen molar-refractivity contribution < 1.29 is 9.52 Å². The van der Waals surface area contributed by atoms with E-state index in [2.05, 4.69) is 29.3 Å². The molecule has 3 aromatic rings. The molecule has 2 aromatic carbocycles. The zero-order valence-corrected chi connectivity index (χ0v) is 14.6. The highest BCUT2D eigenvalue weighted by molar-refractivity contribution is 5.46. The number of nitrogens with zero attached hydrogens (tertiary/aromatic N) is 3. The van der Waals surface area contributed by atoms with E-state index in [1.54, 1.807) is 6.92 Å². The molecule has 0 amide bonds. The fraction of sp³-hybridized carbons (Fsp3) is 0.300. The molecule has 0 bridgehead atoms. The van der Waals surface area contributed by atoms with Crippen LogP contribution in [0.2, 0.25) is 0 Å². The highest BCUT2D eigenvalue weighted by atomic mass is 16.4. The number of aliphatic hydroxyl groups excluding tert-OH is 1. The van der Waals surface area contributed by atoms with Crippen LogP contribution in [0.4, 0.5) is 5.69 Å². The second-order valence-electron chi connectivity index (χ2n) is 6.26. The van der Waals surface area contributed by atoms with E-state index in [0.717, 1.165) is 5.69 Å². The average Bonchev–Trinajstić information content (AvgIpc) is 3.04. The van der Waals surface area contributed by atoms with E-state index in [4.69, 9.17) is 4.42 Å². The van der Waals surface area contributed by atoms with Crippen molar-refractivity contribution in [3.63, 3.8) is 0 Å². The number of hydrogen-bond donors (Lipinski definition) is 1. The molecular formula is C20H23N3O2. The number of anilines is 1. The first-order chi connectivity index (χ1) is 12.1. The molecular weight excluding hydrogens is 314 g/mol. The van der Waals surface area contributed by atoms with Gasteiger partial charge in [-0.25, -0.2) is 0 Å². The summed E-state index contributed by atoms with van der Waals surface area (Å²) in [6, 6.07) is 18.1. The van der Waals surface area contributed by atoms with Crippen molar-refractivity contribution in [2.24, 2.45) is 0 Å². The van der Waals surface area contributed by atoms with E-state index < -0.39 is 6.10 Å². The molecule has 0 radical (unpaired) electrons. The first-order valence-electron chi connectivity index (χ1n) is 8.45. The number of hydrogen-bond acceptors (Lipinski definition) is 5. The fourth-order valence-electron chi connectivity index (χ4n) is 2.78. The molecule has 0 saturated heterocycles. The van der Waals surface area contributed by atoms with Crippen LogP contribution < -0.4 is 4.90 Å². The normalized spacial score (nSPS) is 12.1. The van der Waals surface area contributed by atoms with Crippen LogP contribution in [0.25, 0.3) is 0 Å². The minimum Gasteiger partial charge on any atom is -0.423 e. The lowest BCUT2D eigenvalue weighted by Crippen LogP contribution is -2.30. The number of aryl methyl sites for hydroxylation is 1. The van der Waals surface area contributed by atoms with Crippen LogP contribution in [-0.2, 0) is 13.0 Å². The molecule has 130 valence electrons. The zero-order valence-electron chi connectivity index (χ0n) is 14.6. The van der Waals surface area contributed by atoms with Gasteiger partial charge >= 0.3 is 0 Å². The van der Waals surface area contributed by atoms with Gasteiger partial charge in [-0.3, -0.25) is 0 Å². The third kappa shape index (κ3) is 4.67. The highest BCUT2D eigenvalue weighted by Crippen LogP contribution is 2.18. The van der Waals surface area contributed by atoms with E-state index in [1.165, 1.54) is 11.1 Å². The molecule has 1 atom stereocenters. The number of benzene rings is 2. The minimum absolute atomic E-state index is 0.449. The van der Waals surface area contributed by atoms with Gasteiger partial charge in [0.25, 0.3) is 0 Å². The van der Waals surface area contributed by atoms with Crippen LogP contribution in [0.5, 0.6) is 0 Å². The van der Waals surface area contributed by atoms with Crippen molar-refractivity contribution in [1.82, 2.24) is 10.2 Å². The lowest BCUT2D eigenvalue weighted by Gasteiger charge is -2.24. The Bertz CT molecular complexity index is 799. The van der Waals surface area contributed by atoms with Gasteiger partial charge < -0.3 is 14.4 Å². The quantitative estimate of drug-likeness (QED) is 0.716. The van der Waals surface area contributed by atoms with Gasteiger partial charge in [-0.05, 0) is 37.1 Å². The largest absolute Gasteiger partial charge is 0.423 e. The third-order valence-electron chi connectivity index (χ3n) is 4.04. The first-order valence-corrected chi connectivity index (χ1v) is 8.45. The van der Waals surface area contributed by atoms with E-state index in [9.17, 15) is 5.11 Å². The van der Waals surface area contributed by atoms with Crippen molar-refractivity contribution in [2.45, 2.75) is 32.9 Å². The second kappa shape index (κ2) is 7.94. The Balaban J connectivity index is 1.73. The smallest absolute Gasteiger partial charge is 0.235 e. The van der Waals surface area contributed by atoms with Gasteiger partial charge in [0.1, 0.15) is 0 Å². The SMILES string of the molecule is Cc1ccccc1Cc1nnc(CN(C[C@@H](C)O)c2ccccc2)o1. The molecule has 0 aliphatic rings. The van der Waals surface area contributed by atoms with E-state index in [1.807, 2.05) is 47.4 Å². The summed E-state index contributed by atoms with van der Waals surface area (Å²) in [6.45, 7) is 4.81. The van der Waals surface area contributed by atoms with Crippen LogP contribution >= 0.6 is 0 Å². The Kier molecular flexibility index (Phi) is 5.46. The van der Waals surface area contributed by atoms with Gasteiger partial charge in [-0.1, -0.05) is 42.5 Å². The second-order valence-corrected chi connectivity index (χ2v) is 6.26. The Labute approximate surface area is 147 Å². The number of aromatic nitrogens is 2. The maximum absolute atomic E-state index is 9.78. The molecule has 5 heteroatoms. The molecule has 0 unspecified atom stereocenters. The maximum atomic E-state index is 9.78. The van der Waals surface area contributed by atoms with Crippen molar-refractivity contribution in [3.8, 4) is 0 Å². The number of aliphatic hydroxyl groups is 1. The summed E-state index contributed by atoms with van der Waals surface area (Å²) in [5, 5.41) is 18.1. The number of rotatable bonds is 7. The van der Waals surface area contributed by atoms with Crippen molar-refractivity contribution in [1.29, 1.82) is 0 Å². The van der Waals surface area contributed by atoms with E-state index >= 15 is 0 Å². The lowest BCUT2D eigenvalue weighted by molar-refractivity contribution is 0.198. The molecule has 1 heterocycles. The van der Waals surface area contributed by atoms with Gasteiger partial charge in [0.15, 0.2) is 0 Å². The molecule has 5 nitrogen and oxygen atoms in total. The predicted octanol–water partition coefficient (Wildman–Crippen LogP) is 3.36. The van der Waals surface area contributed by atoms with Crippen molar-refractivity contribution in [3.05, 3.63) is 77.5 Å². The van der Waals surface area contributed by atoms with Crippen molar-refractivity contribution >= 4 is 5.69 Å². The fourth-order valence-corrected chi connectivity index (χ4v) is 2.78. The molecule has 0 saturated carbocycles. The molecule has 3 rings (SSSR count). The first kappa shape index (κ1) is 17.2. The summed E-state index contributed by atoms with van der Waals surface area (Å²) >= 11 is 0. The van der Waals surface area contributed by atoms with Gasteiger partial charge in [-0.2, -0.15) is 0 Å². The summed E-state index contributed by atoms with van der Waals surface area (Å²) in [4.78, 5) is 2.04. The molecule has 0 fully saturated rings. The number of para-hydroxylation sites is 1. The Morgan fingerprint density at radius 3 is 2.40 bits per heavy atom. The summed E-state index contributed by atoms with van der Waals surface area (Å²) < 4.78 is 5.83. The van der Waals surface area contributed by atoms with Gasteiger partial charge in [0, 0.05) is 12.2 Å². The average molecular weight is 337 g/mol. The van der Waals surface area contributed by atoms with Crippen molar-refractivity contribution in [2.75, 3.05) is 11.4 Å². The molecule has 0 aliphatic carbocycles. The molecule has 0 aliphatic heterocycles. The van der Waals surface area contributed by atoms with Crippen LogP contribution in [0, 0.1) is 6.92 Å². The maximum Gasteiger partial charge on any atom is 0.235 e. The molecule has 1 aromatic heterocycles. The van der Waals surface area contributed by atoms with Crippen LogP contribution in [-0.4, -0.2) is 28.0 Å². The molecule has 0 spiro atoms. The van der Waals surface area contributed by atoms with E-state index in [-0.39, 0.29) is 0 Å². The Morgan fingerprint density at radius 2 is 1.68 bits per heavy atom. The van der Waals surface area contributed by atoms with Crippen LogP contribution in [0.15, 0.2) is 59.0 Å². The van der Waals surface area contributed by atoms with E-state index in [0.29, 0.717) is 31.3 Å². The highest BCUT2D eigenvalue weighted by Gasteiger charge is 2.15. The lowest BCUT2D eigenvalue weighted by atomic mass is 10.1. The van der Waals surface area contributed by atoms with Gasteiger partial charge in [0.05, 0.1) is 19.1 Å². The third-order valence-corrected chi connectivity index (χ3v) is 4.04. The minimum atomic E-state index is -0.449. The molecule has 25 heavy (non-hydrogen) atoms. The monoisotopic (exact) mass is 337 g/mol. The van der Waals surface area contributed by atoms with Gasteiger partial charge in [0.2, 0.25) is 11.8 Å². The topological polar surface area (TPSA) is 62.4 Å². The Hall–Kier alpha value is -2.66.